The van der Waals surface area contributed by atoms with Crippen LogP contribution in [0.1, 0.15) is 45.7 Å². The van der Waals surface area contributed by atoms with Crippen LogP contribution in [0.15, 0.2) is 55.3 Å². The van der Waals surface area contributed by atoms with E-state index in [0.29, 0.717) is 23.9 Å². The van der Waals surface area contributed by atoms with E-state index in [2.05, 4.69) is 65.2 Å². The first-order chi connectivity index (χ1) is 14.1. The van der Waals surface area contributed by atoms with Gasteiger partial charge >= 0.3 is 6.09 Å². The molecular formula is C25H41N3O2. The number of carbonyl (C=O) groups is 1. The van der Waals surface area contributed by atoms with Gasteiger partial charge in [0, 0.05) is 24.2 Å². The number of carbonyl (C=O) groups excluding carboxylic acids is 1. The minimum Gasteiger partial charge on any atom is -0.453 e. The molecule has 1 N–H and O–H groups in total. The Balaban J connectivity index is 0.000000314. The van der Waals surface area contributed by atoms with Crippen LogP contribution in [0.4, 0.5) is 4.79 Å². The minimum absolute atomic E-state index is 0.0566. The van der Waals surface area contributed by atoms with Crippen molar-refractivity contribution in [3.05, 3.63) is 60.8 Å². The van der Waals surface area contributed by atoms with Crippen LogP contribution in [0, 0.1) is 11.8 Å². The van der Waals surface area contributed by atoms with Crippen molar-refractivity contribution in [3.8, 4) is 0 Å². The summed E-state index contributed by atoms with van der Waals surface area (Å²) >= 11 is 0. The Morgan fingerprint density at radius 3 is 2.27 bits per heavy atom. The van der Waals surface area contributed by atoms with Gasteiger partial charge in [-0.2, -0.15) is 0 Å². The van der Waals surface area contributed by atoms with Gasteiger partial charge in [0.25, 0.3) is 0 Å². The van der Waals surface area contributed by atoms with Crippen molar-refractivity contribution in [1.82, 2.24) is 15.1 Å². The number of nitrogens with one attached hydrogen (secondary N) is 1. The first-order valence-electron chi connectivity index (χ1n) is 10.8. The van der Waals surface area contributed by atoms with Crippen molar-refractivity contribution in [2.24, 2.45) is 11.8 Å². The summed E-state index contributed by atoms with van der Waals surface area (Å²) in [7, 11) is 5.61. The maximum absolute atomic E-state index is 11.7. The summed E-state index contributed by atoms with van der Waals surface area (Å²) in [5.74, 6) is 0.894. The van der Waals surface area contributed by atoms with Gasteiger partial charge in [-0.3, -0.25) is 0 Å². The van der Waals surface area contributed by atoms with Crippen LogP contribution in [-0.4, -0.2) is 55.7 Å². The smallest absolute Gasteiger partial charge is 0.410 e. The number of benzene rings is 1. The molecule has 0 saturated carbocycles. The zero-order valence-corrected chi connectivity index (χ0v) is 19.9. The lowest BCUT2D eigenvalue weighted by Gasteiger charge is -2.31. The molecule has 1 aromatic carbocycles. The Kier molecular flexibility index (Phi) is 10.7. The molecule has 1 heterocycles. The number of likely N-dealkylation sites (N-methyl/N-ethyl adjacent to an activating group) is 1. The zero-order valence-electron chi connectivity index (χ0n) is 19.9. The lowest BCUT2D eigenvalue weighted by Crippen LogP contribution is -2.40. The van der Waals surface area contributed by atoms with Gasteiger partial charge in [0.2, 0.25) is 0 Å². The lowest BCUT2D eigenvalue weighted by atomic mass is 9.94. The molecule has 1 aromatic rings. The van der Waals surface area contributed by atoms with Crippen LogP contribution in [-0.2, 0) is 4.74 Å². The second-order valence-corrected chi connectivity index (χ2v) is 8.68. The molecule has 0 bridgehead atoms. The van der Waals surface area contributed by atoms with Crippen LogP contribution >= 0.6 is 0 Å². The highest BCUT2D eigenvalue weighted by Gasteiger charge is 2.36. The number of ether oxygens (including phenoxy) is 1. The first-order valence-corrected chi connectivity index (χ1v) is 10.8. The lowest BCUT2D eigenvalue weighted by molar-refractivity contribution is 0.116. The molecule has 0 aliphatic carbocycles. The normalized spacial score (nSPS) is 19.3. The molecule has 1 amide bonds. The van der Waals surface area contributed by atoms with Crippen molar-refractivity contribution >= 4 is 6.09 Å². The Morgan fingerprint density at radius 2 is 1.83 bits per heavy atom. The van der Waals surface area contributed by atoms with E-state index in [1.165, 1.54) is 7.11 Å². The van der Waals surface area contributed by atoms with Crippen LogP contribution < -0.4 is 5.32 Å². The minimum atomic E-state index is -0.261. The maximum Gasteiger partial charge on any atom is 0.410 e. The summed E-state index contributed by atoms with van der Waals surface area (Å²) in [6, 6.07) is 11.0. The van der Waals surface area contributed by atoms with Crippen molar-refractivity contribution in [2.75, 3.05) is 27.7 Å². The molecule has 5 heteroatoms. The molecule has 1 saturated heterocycles. The third kappa shape index (κ3) is 7.21. The van der Waals surface area contributed by atoms with Crippen molar-refractivity contribution in [3.63, 3.8) is 0 Å². The quantitative estimate of drug-likeness (QED) is 0.630. The predicted molar refractivity (Wildman–Crippen MR) is 126 cm³/mol. The summed E-state index contributed by atoms with van der Waals surface area (Å²) in [6.07, 6.45) is 2.61. The summed E-state index contributed by atoms with van der Waals surface area (Å²) in [5.41, 5.74) is 2.26. The Hall–Kier alpha value is -2.27. The molecule has 168 valence electrons. The number of methoxy groups -OCH3 is 1. The van der Waals surface area contributed by atoms with Crippen LogP contribution in [0.5, 0.6) is 0 Å². The van der Waals surface area contributed by atoms with Gasteiger partial charge in [-0.05, 0) is 45.8 Å². The Morgan fingerprint density at radius 1 is 1.23 bits per heavy atom. The molecule has 0 spiro atoms. The summed E-state index contributed by atoms with van der Waals surface area (Å²) in [4.78, 5) is 15.7. The Bertz CT molecular complexity index is 662. The fraction of sp³-hybridized carbons (Fsp3) is 0.560. The highest BCUT2D eigenvalue weighted by molar-refractivity contribution is 5.68. The largest absolute Gasteiger partial charge is 0.453 e. The second-order valence-electron chi connectivity index (χ2n) is 8.68. The highest BCUT2D eigenvalue weighted by Crippen LogP contribution is 2.38. The number of likely N-dealkylation sites (tertiary alicyclic amines) is 1. The molecule has 2 rings (SSSR count). The number of rotatable bonds is 7. The van der Waals surface area contributed by atoms with E-state index < -0.39 is 0 Å². The van der Waals surface area contributed by atoms with Gasteiger partial charge in [-0.1, -0.05) is 56.8 Å². The maximum atomic E-state index is 11.7. The number of hydrogen-bond donors (Lipinski definition) is 1. The molecule has 0 radical (unpaired) electrons. The third-order valence-electron chi connectivity index (χ3n) is 5.32. The molecule has 1 aliphatic heterocycles. The predicted octanol–water partition coefficient (Wildman–Crippen LogP) is 5.09. The molecule has 30 heavy (non-hydrogen) atoms. The Labute approximate surface area is 183 Å². The van der Waals surface area contributed by atoms with Crippen molar-refractivity contribution in [1.29, 1.82) is 0 Å². The topological polar surface area (TPSA) is 44.8 Å². The summed E-state index contributed by atoms with van der Waals surface area (Å²) in [6.45, 7) is 17.4. The molecule has 1 aliphatic rings. The van der Waals surface area contributed by atoms with E-state index in [0.717, 1.165) is 24.2 Å². The molecular weight excluding hydrogens is 374 g/mol. The average molecular weight is 416 g/mol. The SMILES string of the molecule is C=C(NC(C)C)C(C(C)C)N(C)C.C=CC1CCN(C(=O)OC)C1c1ccccc1. The third-order valence-corrected chi connectivity index (χ3v) is 5.32. The van der Waals surface area contributed by atoms with E-state index in [1.807, 2.05) is 36.4 Å². The van der Waals surface area contributed by atoms with E-state index in [-0.39, 0.29) is 12.1 Å². The first kappa shape index (κ1) is 25.8. The fourth-order valence-electron chi connectivity index (χ4n) is 4.23. The van der Waals surface area contributed by atoms with E-state index in [4.69, 9.17) is 4.74 Å². The highest BCUT2D eigenvalue weighted by atomic mass is 16.5. The average Bonchev–Trinajstić information content (AvgIpc) is 3.11. The van der Waals surface area contributed by atoms with Crippen LogP contribution in [0.2, 0.25) is 0 Å². The van der Waals surface area contributed by atoms with Gasteiger partial charge in [-0.25, -0.2) is 4.79 Å². The van der Waals surface area contributed by atoms with Crippen molar-refractivity contribution in [2.45, 2.75) is 52.2 Å². The van der Waals surface area contributed by atoms with E-state index >= 15 is 0 Å². The monoisotopic (exact) mass is 415 g/mol. The summed E-state index contributed by atoms with van der Waals surface area (Å²) in [5, 5.41) is 3.37. The number of nitrogens with zero attached hydrogens (tertiary/aromatic N) is 2. The van der Waals surface area contributed by atoms with Gasteiger partial charge in [0.1, 0.15) is 0 Å². The van der Waals surface area contributed by atoms with Crippen molar-refractivity contribution < 1.29 is 9.53 Å². The van der Waals surface area contributed by atoms with E-state index in [9.17, 15) is 4.79 Å². The van der Waals surface area contributed by atoms with E-state index in [1.54, 1.807) is 4.90 Å². The van der Waals surface area contributed by atoms with Gasteiger partial charge in [0.05, 0.1) is 19.2 Å². The van der Waals surface area contributed by atoms with Crippen LogP contribution in [0.25, 0.3) is 0 Å². The van der Waals surface area contributed by atoms with Gasteiger partial charge in [-0.15, -0.1) is 6.58 Å². The number of hydrogen-bond acceptors (Lipinski definition) is 4. The molecule has 3 unspecified atom stereocenters. The molecule has 5 nitrogen and oxygen atoms in total. The van der Waals surface area contributed by atoms with Crippen LogP contribution in [0.3, 0.4) is 0 Å². The second kappa shape index (κ2) is 12.4. The molecule has 0 aromatic heterocycles. The number of amides is 1. The fourth-order valence-corrected chi connectivity index (χ4v) is 4.23. The van der Waals surface area contributed by atoms with Gasteiger partial charge in [0.15, 0.2) is 0 Å². The standard InChI is InChI=1S/C14H17NO2.C11H24N2/c1-3-11-9-10-15(14(16)17-2)13(11)12-7-5-4-6-8-12;1-8(2)11(13(6)7)10(5)12-9(3)4/h3-8,11,13H,1,9-10H2,2H3;8-9,11-12H,5H2,1-4,6-7H3. The zero-order chi connectivity index (χ0) is 22.8. The molecule has 3 atom stereocenters. The summed E-state index contributed by atoms with van der Waals surface area (Å²) < 4.78 is 4.83. The van der Waals surface area contributed by atoms with Gasteiger partial charge < -0.3 is 19.9 Å². The molecule has 1 fully saturated rings.